The second-order valence-electron chi connectivity index (χ2n) is 12.0. The maximum atomic E-state index is 13.8. The van der Waals surface area contributed by atoms with Crippen LogP contribution in [0.1, 0.15) is 108 Å². The second-order valence-corrected chi connectivity index (χ2v) is 13.1. The van der Waals surface area contributed by atoms with Crippen molar-refractivity contribution >= 4 is 17.8 Å². The molecule has 2 aromatic carbocycles. The summed E-state index contributed by atoms with van der Waals surface area (Å²) in [6.07, 6.45) is -0.888. The van der Waals surface area contributed by atoms with Crippen molar-refractivity contribution in [2.24, 2.45) is 5.41 Å². The monoisotopic (exact) mass is 556 g/mol. The lowest BCUT2D eigenvalue weighted by molar-refractivity contribution is -0.198. The van der Waals surface area contributed by atoms with Gasteiger partial charge in [-0.05, 0) is 81.3 Å². The topological polar surface area (TPSA) is 9.23 Å². The lowest BCUT2D eigenvalue weighted by atomic mass is 9.55. The Morgan fingerprint density at radius 3 is 2.03 bits per heavy atom. The van der Waals surface area contributed by atoms with Gasteiger partial charge < -0.3 is 4.65 Å². The Hall–Kier alpha value is -1.84. The standard InChI is InChI=1S/C33H44BF3OS/c1-10-13-19-31(9,33(35,36)37)20-18-26-14-15-27(21-23(26)4)32(11-2,12-3)28-16-17-29(24(5)22-28)39-34-30(7,8)25(6)38-34/h14-17,21-22,25H,10-13,19H2,1-9H3. The molecule has 1 fully saturated rings. The zero-order chi connectivity index (χ0) is 29.2. The van der Waals surface area contributed by atoms with Crippen LogP contribution < -0.4 is 0 Å². The highest BCUT2D eigenvalue weighted by molar-refractivity contribution is 8.25. The maximum Gasteiger partial charge on any atom is 0.404 e. The number of alkyl halides is 3. The number of unbranched alkanes of at least 4 members (excludes halogenated alkanes) is 1. The van der Waals surface area contributed by atoms with Crippen LogP contribution in [-0.4, -0.2) is 18.5 Å². The summed E-state index contributed by atoms with van der Waals surface area (Å²) in [7, 11) is 0. The van der Waals surface area contributed by atoms with E-state index in [0.717, 1.165) is 18.4 Å². The predicted octanol–water partition coefficient (Wildman–Crippen LogP) is 10.3. The summed E-state index contributed by atoms with van der Waals surface area (Å²) in [5.74, 6) is 5.50. The van der Waals surface area contributed by atoms with Gasteiger partial charge in [0.05, 0.1) is 0 Å². The zero-order valence-corrected chi connectivity index (χ0v) is 25.9. The Morgan fingerprint density at radius 1 is 0.974 bits per heavy atom. The Balaban J connectivity index is 1.93. The van der Waals surface area contributed by atoms with Crippen molar-refractivity contribution in [3.63, 3.8) is 0 Å². The van der Waals surface area contributed by atoms with Gasteiger partial charge in [-0.1, -0.05) is 83.6 Å². The molecular formula is C33H44BF3OS. The Labute approximate surface area is 239 Å². The van der Waals surface area contributed by atoms with E-state index in [0.29, 0.717) is 18.4 Å². The van der Waals surface area contributed by atoms with Gasteiger partial charge in [-0.25, -0.2) is 0 Å². The van der Waals surface area contributed by atoms with Gasteiger partial charge in [0.25, 0.3) is 0 Å². The van der Waals surface area contributed by atoms with E-state index in [9.17, 15) is 13.2 Å². The fourth-order valence-corrected chi connectivity index (χ4v) is 6.71. The Kier molecular flexibility index (Phi) is 9.71. The van der Waals surface area contributed by atoms with Crippen LogP contribution in [0, 0.1) is 31.1 Å². The molecule has 2 aromatic rings. The Morgan fingerprint density at radius 2 is 1.56 bits per heavy atom. The molecule has 1 aliphatic heterocycles. The highest BCUT2D eigenvalue weighted by Gasteiger charge is 2.52. The molecule has 0 radical (unpaired) electrons. The summed E-state index contributed by atoms with van der Waals surface area (Å²) in [4.78, 5) is 1.24. The molecule has 212 valence electrons. The fraction of sp³-hybridized carbons (Fsp3) is 0.576. The molecule has 2 unspecified atom stereocenters. The van der Waals surface area contributed by atoms with Gasteiger partial charge in [-0.15, -0.1) is 11.6 Å². The zero-order valence-electron chi connectivity index (χ0n) is 25.1. The highest BCUT2D eigenvalue weighted by atomic mass is 32.2. The minimum Gasteiger partial charge on any atom is -0.423 e. The van der Waals surface area contributed by atoms with Crippen molar-refractivity contribution in [3.05, 3.63) is 64.2 Å². The first-order chi connectivity index (χ1) is 18.1. The number of halogens is 3. The van der Waals surface area contributed by atoms with E-state index >= 15 is 0 Å². The van der Waals surface area contributed by atoms with Crippen LogP contribution in [0.25, 0.3) is 0 Å². The first-order valence-corrected chi connectivity index (χ1v) is 15.2. The molecule has 1 nitrogen and oxygen atoms in total. The molecule has 0 N–H and O–H groups in total. The minimum atomic E-state index is -4.36. The molecule has 0 bridgehead atoms. The van der Waals surface area contributed by atoms with Crippen LogP contribution in [0.5, 0.6) is 0 Å². The third-order valence-electron chi connectivity index (χ3n) is 9.06. The van der Waals surface area contributed by atoms with Crippen LogP contribution in [-0.2, 0) is 10.1 Å². The number of aryl methyl sites for hydroxylation is 2. The van der Waals surface area contributed by atoms with Crippen LogP contribution in [0.3, 0.4) is 0 Å². The SMILES string of the molecule is CCCCC(C)(C#Cc1ccc(C(CC)(CC)c2ccc(SB3OC(C)C3(C)C)c(C)c2)cc1C)C(F)(F)F. The molecule has 39 heavy (non-hydrogen) atoms. The molecule has 1 aliphatic rings. The quantitative estimate of drug-likeness (QED) is 0.224. The van der Waals surface area contributed by atoms with Crippen molar-refractivity contribution in [1.29, 1.82) is 0 Å². The molecule has 2 atom stereocenters. The van der Waals surface area contributed by atoms with Gasteiger partial charge >= 0.3 is 12.4 Å². The molecule has 0 aromatic heterocycles. The van der Waals surface area contributed by atoms with Crippen LogP contribution in [0.4, 0.5) is 13.2 Å². The number of hydrogen-bond donors (Lipinski definition) is 0. The van der Waals surface area contributed by atoms with Gasteiger partial charge in [0.2, 0.25) is 0 Å². The predicted molar refractivity (Wildman–Crippen MR) is 160 cm³/mol. The molecule has 0 spiro atoms. The molecule has 0 amide bonds. The summed E-state index contributed by atoms with van der Waals surface area (Å²) in [5.41, 5.74) is 3.06. The number of benzene rings is 2. The van der Waals surface area contributed by atoms with E-state index < -0.39 is 11.6 Å². The van der Waals surface area contributed by atoms with Crippen molar-refractivity contribution in [3.8, 4) is 11.8 Å². The summed E-state index contributed by atoms with van der Waals surface area (Å²) in [5, 5.41) is 0.141. The van der Waals surface area contributed by atoms with Gasteiger partial charge in [0.15, 0.2) is 0 Å². The van der Waals surface area contributed by atoms with Crippen LogP contribution in [0.15, 0.2) is 41.3 Å². The van der Waals surface area contributed by atoms with E-state index in [4.69, 9.17) is 4.65 Å². The summed E-state index contributed by atoms with van der Waals surface area (Å²) in [6, 6.07) is 12.9. The van der Waals surface area contributed by atoms with E-state index in [1.807, 2.05) is 19.9 Å². The third kappa shape index (κ3) is 6.25. The van der Waals surface area contributed by atoms with E-state index in [1.54, 1.807) is 11.6 Å². The molecule has 0 saturated carbocycles. The summed E-state index contributed by atoms with van der Waals surface area (Å²) < 4.78 is 47.5. The molecule has 1 heterocycles. The van der Waals surface area contributed by atoms with Crippen molar-refractivity contribution in [2.75, 3.05) is 0 Å². The third-order valence-corrected chi connectivity index (χ3v) is 10.7. The smallest absolute Gasteiger partial charge is 0.404 e. The molecular weight excluding hydrogens is 512 g/mol. The van der Waals surface area contributed by atoms with Crippen LogP contribution >= 0.6 is 11.6 Å². The first kappa shape index (κ1) is 31.7. The second kappa shape index (κ2) is 12.0. The van der Waals surface area contributed by atoms with E-state index in [1.165, 1.54) is 28.5 Å². The minimum absolute atomic E-state index is 0.0168. The number of hydrogen-bond acceptors (Lipinski definition) is 2. The molecule has 0 aliphatic carbocycles. The normalized spacial score (nSPS) is 18.7. The summed E-state index contributed by atoms with van der Waals surface area (Å²) >= 11 is 1.80. The van der Waals surface area contributed by atoms with Gasteiger partial charge in [-0.2, -0.15) is 13.2 Å². The average molecular weight is 557 g/mol. The molecule has 3 rings (SSSR count). The highest BCUT2D eigenvalue weighted by Crippen LogP contribution is 2.52. The van der Waals surface area contributed by atoms with Crippen molar-refractivity contribution in [1.82, 2.24) is 0 Å². The van der Waals surface area contributed by atoms with Crippen LogP contribution in [0.2, 0.25) is 5.31 Å². The maximum absolute atomic E-state index is 13.8. The Bertz CT molecular complexity index is 1220. The van der Waals surface area contributed by atoms with E-state index in [2.05, 4.69) is 83.7 Å². The van der Waals surface area contributed by atoms with Gasteiger partial charge in [-0.3, -0.25) is 0 Å². The van der Waals surface area contributed by atoms with Crippen molar-refractivity contribution < 1.29 is 17.8 Å². The first-order valence-electron chi connectivity index (χ1n) is 14.3. The number of rotatable bonds is 9. The molecule has 1 saturated heterocycles. The average Bonchev–Trinajstić information content (AvgIpc) is 2.88. The molecule has 6 heteroatoms. The fourth-order valence-electron chi connectivity index (χ4n) is 5.38. The largest absolute Gasteiger partial charge is 0.423 e. The van der Waals surface area contributed by atoms with Gasteiger partial charge in [0, 0.05) is 27.3 Å². The summed E-state index contributed by atoms with van der Waals surface area (Å²) in [6.45, 7) is 18.3. The van der Waals surface area contributed by atoms with Gasteiger partial charge in [0.1, 0.15) is 5.41 Å². The van der Waals surface area contributed by atoms with E-state index in [-0.39, 0.29) is 29.4 Å². The van der Waals surface area contributed by atoms with Crippen molar-refractivity contribution in [2.45, 2.75) is 122 Å². The lowest BCUT2D eigenvalue weighted by Crippen LogP contribution is -2.51. The lowest BCUT2D eigenvalue weighted by Gasteiger charge is -2.47.